The van der Waals surface area contributed by atoms with Crippen molar-refractivity contribution in [1.29, 1.82) is 0 Å². The van der Waals surface area contributed by atoms with E-state index in [-0.39, 0.29) is 22.9 Å². The second-order valence-electron chi connectivity index (χ2n) is 8.86. The van der Waals surface area contributed by atoms with E-state index in [0.29, 0.717) is 18.4 Å². The van der Waals surface area contributed by atoms with Crippen molar-refractivity contribution in [1.82, 2.24) is 14.9 Å². The Labute approximate surface area is 173 Å². The van der Waals surface area contributed by atoms with Crippen molar-refractivity contribution in [2.45, 2.75) is 82.7 Å². The Hall–Kier alpha value is -1.52. The summed E-state index contributed by atoms with van der Waals surface area (Å²) < 4.78 is 37.3. The Morgan fingerprint density at radius 2 is 1.76 bits per heavy atom. The third kappa shape index (κ3) is 4.64. The number of carbonyl (C=O) groups excluding carboxylic acids is 1. The second kappa shape index (κ2) is 7.96. The molecule has 2 saturated heterocycles. The highest BCUT2D eigenvalue weighted by atomic mass is 32.2. The van der Waals surface area contributed by atoms with Gasteiger partial charge in [0.05, 0.1) is 17.0 Å². The Morgan fingerprint density at radius 3 is 2.31 bits per heavy atom. The van der Waals surface area contributed by atoms with Gasteiger partial charge in [-0.2, -0.15) is 0 Å². The molecule has 1 amide bonds. The van der Waals surface area contributed by atoms with Gasteiger partial charge in [0.1, 0.15) is 0 Å². The van der Waals surface area contributed by atoms with Gasteiger partial charge in [0.2, 0.25) is 20.9 Å². The standard InChI is InChI=1S/C19H30BN3O5S/c1-14(24)23-10-7-6-8-16(23)9-11-29(25,26)17-21-12-15(13-22-17)20-27-18(2,3)19(4,5)28-20/h12-13,16H,6-11H2,1-5H3/t16-/m0/s1. The predicted molar refractivity (Wildman–Crippen MR) is 109 cm³/mol. The molecule has 2 fully saturated rings. The minimum atomic E-state index is -3.64. The number of rotatable bonds is 5. The molecule has 0 bridgehead atoms. The fourth-order valence-electron chi connectivity index (χ4n) is 3.69. The maximum Gasteiger partial charge on any atom is 0.498 e. The van der Waals surface area contributed by atoms with Crippen molar-refractivity contribution in [2.24, 2.45) is 0 Å². The number of hydrogen-bond donors (Lipinski definition) is 0. The molecule has 0 aliphatic carbocycles. The van der Waals surface area contributed by atoms with E-state index in [9.17, 15) is 13.2 Å². The number of amides is 1. The topological polar surface area (TPSA) is 98.7 Å². The third-order valence-electron chi connectivity index (χ3n) is 6.20. The zero-order valence-corrected chi connectivity index (χ0v) is 18.7. The fourth-order valence-corrected chi connectivity index (χ4v) is 4.88. The molecule has 0 radical (unpaired) electrons. The molecular weight excluding hydrogens is 393 g/mol. The molecule has 160 valence electrons. The van der Waals surface area contributed by atoms with Gasteiger partial charge in [-0.1, -0.05) is 0 Å². The number of nitrogens with zero attached hydrogens (tertiary/aromatic N) is 3. The van der Waals surface area contributed by atoms with E-state index in [1.54, 1.807) is 4.90 Å². The smallest absolute Gasteiger partial charge is 0.399 e. The van der Waals surface area contributed by atoms with E-state index in [0.717, 1.165) is 19.3 Å². The number of likely N-dealkylation sites (tertiary alicyclic amines) is 1. The van der Waals surface area contributed by atoms with E-state index < -0.39 is 28.2 Å². The highest BCUT2D eigenvalue weighted by molar-refractivity contribution is 7.91. The SMILES string of the molecule is CC(=O)N1CCCC[C@H]1CCS(=O)(=O)c1ncc(B2OC(C)(C)C(C)(C)O2)cn1. The molecule has 3 heterocycles. The van der Waals surface area contributed by atoms with Crippen LogP contribution >= 0.6 is 0 Å². The summed E-state index contributed by atoms with van der Waals surface area (Å²) in [7, 11) is -4.27. The van der Waals surface area contributed by atoms with Gasteiger partial charge in [-0.25, -0.2) is 18.4 Å². The average molecular weight is 423 g/mol. The molecule has 3 rings (SSSR count). The number of carbonyl (C=O) groups is 1. The summed E-state index contributed by atoms with van der Waals surface area (Å²) in [4.78, 5) is 21.7. The molecule has 1 aromatic heterocycles. The van der Waals surface area contributed by atoms with E-state index in [2.05, 4.69) is 9.97 Å². The summed E-state index contributed by atoms with van der Waals surface area (Å²) in [6, 6.07) is -0.0416. The minimum absolute atomic E-state index is 0.00453. The maximum absolute atomic E-state index is 12.7. The average Bonchev–Trinajstić information content (AvgIpc) is 2.88. The van der Waals surface area contributed by atoms with Crippen LogP contribution in [0.2, 0.25) is 0 Å². The molecule has 10 heteroatoms. The summed E-state index contributed by atoms with van der Waals surface area (Å²) in [5.74, 6) is -0.0906. The molecule has 0 aromatic carbocycles. The number of piperidine rings is 1. The quantitative estimate of drug-likeness (QED) is 0.521. The van der Waals surface area contributed by atoms with E-state index in [1.165, 1.54) is 19.3 Å². The predicted octanol–water partition coefficient (Wildman–Crippen LogP) is 1.34. The number of sulfone groups is 1. The Kier molecular flexibility index (Phi) is 6.09. The van der Waals surface area contributed by atoms with Crippen LogP contribution in [0.1, 0.15) is 60.3 Å². The lowest BCUT2D eigenvalue weighted by molar-refractivity contribution is -0.132. The van der Waals surface area contributed by atoms with Gasteiger partial charge < -0.3 is 14.2 Å². The highest BCUT2D eigenvalue weighted by Gasteiger charge is 2.52. The second-order valence-corrected chi connectivity index (χ2v) is 10.9. The number of aromatic nitrogens is 2. The molecule has 0 spiro atoms. The van der Waals surface area contributed by atoms with Crippen molar-refractivity contribution in [2.75, 3.05) is 12.3 Å². The van der Waals surface area contributed by atoms with Gasteiger partial charge >= 0.3 is 7.12 Å². The van der Waals surface area contributed by atoms with Crippen molar-refractivity contribution in [3.63, 3.8) is 0 Å². The van der Waals surface area contributed by atoms with Crippen LogP contribution in [-0.2, 0) is 23.9 Å². The number of hydrogen-bond acceptors (Lipinski definition) is 7. The largest absolute Gasteiger partial charge is 0.498 e. The molecule has 8 nitrogen and oxygen atoms in total. The van der Waals surface area contributed by atoms with Gasteiger partial charge in [0.25, 0.3) is 0 Å². The van der Waals surface area contributed by atoms with Crippen molar-refractivity contribution < 1.29 is 22.5 Å². The molecule has 0 N–H and O–H groups in total. The molecule has 0 unspecified atom stereocenters. The van der Waals surface area contributed by atoms with Crippen LogP contribution in [0.3, 0.4) is 0 Å². The first-order chi connectivity index (χ1) is 13.4. The summed E-state index contributed by atoms with van der Waals surface area (Å²) in [5.41, 5.74) is -0.409. The Bertz CT molecular complexity index is 841. The first-order valence-corrected chi connectivity index (χ1v) is 11.8. The van der Waals surface area contributed by atoms with Crippen molar-refractivity contribution in [3.05, 3.63) is 12.4 Å². The van der Waals surface area contributed by atoms with Gasteiger partial charge in [0.15, 0.2) is 0 Å². The molecular formula is C19H30BN3O5S. The maximum atomic E-state index is 12.7. The van der Waals surface area contributed by atoms with Crippen LogP contribution in [0.25, 0.3) is 0 Å². The molecule has 29 heavy (non-hydrogen) atoms. The monoisotopic (exact) mass is 423 g/mol. The minimum Gasteiger partial charge on any atom is -0.399 e. The first-order valence-electron chi connectivity index (χ1n) is 10.1. The van der Waals surface area contributed by atoms with Crippen LogP contribution in [0.15, 0.2) is 17.6 Å². The van der Waals surface area contributed by atoms with Crippen LogP contribution in [0.4, 0.5) is 0 Å². The lowest BCUT2D eigenvalue weighted by Gasteiger charge is -2.35. The zero-order valence-electron chi connectivity index (χ0n) is 17.8. The van der Waals surface area contributed by atoms with Crippen LogP contribution in [0, 0.1) is 0 Å². The van der Waals surface area contributed by atoms with E-state index in [1.807, 2.05) is 27.7 Å². The van der Waals surface area contributed by atoms with Crippen molar-refractivity contribution in [3.8, 4) is 0 Å². The summed E-state index contributed by atoms with van der Waals surface area (Å²) in [5, 5.41) is -0.206. The van der Waals surface area contributed by atoms with Gasteiger partial charge in [-0.3, -0.25) is 4.79 Å². The van der Waals surface area contributed by atoms with E-state index in [4.69, 9.17) is 9.31 Å². The molecule has 2 aliphatic rings. The zero-order chi connectivity index (χ0) is 21.4. The van der Waals surface area contributed by atoms with Gasteiger partial charge in [-0.05, 0) is 53.4 Å². The summed E-state index contributed by atoms with van der Waals surface area (Å²) in [6.45, 7) is 10.0. The normalized spacial score (nSPS) is 24.0. The molecule has 1 atom stereocenters. The van der Waals surface area contributed by atoms with Crippen LogP contribution in [-0.4, -0.2) is 65.9 Å². The van der Waals surface area contributed by atoms with Crippen LogP contribution < -0.4 is 5.46 Å². The van der Waals surface area contributed by atoms with E-state index >= 15 is 0 Å². The Morgan fingerprint density at radius 1 is 1.17 bits per heavy atom. The first kappa shape index (κ1) is 22.2. The van der Waals surface area contributed by atoms with Gasteiger partial charge in [-0.15, -0.1) is 0 Å². The summed E-state index contributed by atoms with van der Waals surface area (Å²) in [6.07, 6.45) is 6.09. The van der Waals surface area contributed by atoms with Crippen LogP contribution in [0.5, 0.6) is 0 Å². The third-order valence-corrected chi connectivity index (χ3v) is 7.74. The summed E-state index contributed by atoms with van der Waals surface area (Å²) >= 11 is 0. The van der Waals surface area contributed by atoms with Crippen molar-refractivity contribution >= 4 is 28.3 Å². The molecule has 1 aromatic rings. The fraction of sp³-hybridized carbons (Fsp3) is 0.737. The van der Waals surface area contributed by atoms with Gasteiger partial charge in [0, 0.05) is 37.4 Å². The lowest BCUT2D eigenvalue weighted by Crippen LogP contribution is -2.43. The lowest BCUT2D eigenvalue weighted by atomic mass is 9.81. The molecule has 2 aliphatic heterocycles. The molecule has 0 saturated carbocycles. The Balaban J connectivity index is 1.67. The highest BCUT2D eigenvalue weighted by Crippen LogP contribution is 2.36.